The molecule has 7 nitrogen and oxygen atoms in total. The second-order valence-corrected chi connectivity index (χ2v) is 23.6. The zero-order chi connectivity index (χ0) is 61.0. The molecule has 0 radical (unpaired) electrons. The van der Waals surface area contributed by atoms with Crippen LogP contribution in [0.2, 0.25) is 0 Å². The third-order valence-electron chi connectivity index (χ3n) is 18.7. The summed E-state index contributed by atoms with van der Waals surface area (Å²) in [6.07, 6.45) is 0. The molecule has 0 bridgehead atoms. The molecule has 0 N–H and O–H groups in total. The summed E-state index contributed by atoms with van der Waals surface area (Å²) in [6.45, 7) is 0. The molecule has 0 atom stereocenters. The number of nitrogens with zero attached hydrogens (tertiary/aromatic N) is 7. The van der Waals surface area contributed by atoms with E-state index in [1.54, 1.807) is 6.07 Å². The van der Waals surface area contributed by atoms with E-state index in [9.17, 15) is 10.5 Å². The molecule has 0 spiro atoms. The predicted octanol–water partition coefficient (Wildman–Crippen LogP) is 21.5. The van der Waals surface area contributed by atoms with E-state index in [0.717, 1.165) is 122 Å². The molecule has 13 aromatic carbocycles. The lowest BCUT2D eigenvalue weighted by atomic mass is 9.89. The summed E-state index contributed by atoms with van der Waals surface area (Å²) in [6, 6.07) is 115. The molecule has 426 valence electrons. The van der Waals surface area contributed by atoms with Crippen molar-refractivity contribution in [2.45, 2.75) is 0 Å². The Bertz CT molecular complexity index is 6020. The standard InChI is InChI=1S/C85H51N7/c86-52-61-36-35-60(49-62(61)53-87)81-82(56-19-3-1-4-20-56)85(92-78-34-18-12-28-70(78)72-51-59(42-48-80(72)92)55-39-45-64(46-40-55)90-75-31-15-9-25-67(75)68-26-10-16-32-76(68)90)88-83(57-21-5-2-6-22-57)84(81)91-77-33-17-11-27-69(77)71-50-58(41-47-79(71)91)54-37-43-63(44-38-54)89-73-29-13-7-23-65(73)66-24-8-14-30-74(66)89/h1-51H. The smallest absolute Gasteiger partial charge is 0.147 e. The van der Waals surface area contributed by atoms with Crippen LogP contribution < -0.4 is 0 Å². The highest BCUT2D eigenvalue weighted by molar-refractivity contribution is 6.15. The Morgan fingerprint density at radius 3 is 1.03 bits per heavy atom. The van der Waals surface area contributed by atoms with Crippen LogP contribution in [-0.2, 0) is 0 Å². The monoisotopic (exact) mass is 1170 g/mol. The number of hydrogen-bond acceptors (Lipinski definition) is 3. The van der Waals surface area contributed by atoms with E-state index in [0.29, 0.717) is 5.56 Å². The largest absolute Gasteiger partial charge is 0.309 e. The van der Waals surface area contributed by atoms with Crippen LogP contribution >= 0.6 is 0 Å². The van der Waals surface area contributed by atoms with Gasteiger partial charge in [0.15, 0.2) is 0 Å². The highest BCUT2D eigenvalue weighted by Crippen LogP contribution is 2.50. The van der Waals surface area contributed by atoms with Gasteiger partial charge in [0, 0.05) is 71.2 Å². The van der Waals surface area contributed by atoms with Crippen molar-refractivity contribution in [2.24, 2.45) is 0 Å². The van der Waals surface area contributed by atoms with Crippen LogP contribution in [0.3, 0.4) is 0 Å². The van der Waals surface area contributed by atoms with Crippen molar-refractivity contribution in [3.63, 3.8) is 0 Å². The van der Waals surface area contributed by atoms with Gasteiger partial charge in [-0.1, -0.05) is 212 Å². The van der Waals surface area contributed by atoms with E-state index in [4.69, 9.17) is 4.98 Å². The van der Waals surface area contributed by atoms with Gasteiger partial charge >= 0.3 is 0 Å². The Morgan fingerprint density at radius 1 is 0.239 bits per heavy atom. The first-order valence-electron chi connectivity index (χ1n) is 31.0. The molecule has 0 saturated carbocycles. The van der Waals surface area contributed by atoms with Crippen molar-refractivity contribution >= 4 is 87.2 Å². The summed E-state index contributed by atoms with van der Waals surface area (Å²) in [4.78, 5) is 6.10. The van der Waals surface area contributed by atoms with Crippen LogP contribution in [0.1, 0.15) is 11.1 Å². The molecule has 0 aliphatic heterocycles. The maximum atomic E-state index is 10.9. The van der Waals surface area contributed by atoms with Crippen molar-refractivity contribution in [2.75, 3.05) is 0 Å². The third kappa shape index (κ3) is 8.03. The van der Waals surface area contributed by atoms with E-state index in [1.807, 2.05) is 24.3 Å². The Balaban J connectivity index is 0.869. The number of para-hydroxylation sites is 6. The highest BCUT2D eigenvalue weighted by Gasteiger charge is 2.30. The van der Waals surface area contributed by atoms with E-state index in [1.165, 1.54) is 43.6 Å². The number of fused-ring (bicyclic) bond motifs is 12. The molecule has 18 aromatic rings. The molecule has 92 heavy (non-hydrogen) atoms. The van der Waals surface area contributed by atoms with Crippen molar-refractivity contribution in [3.05, 3.63) is 321 Å². The normalized spacial score (nSPS) is 11.7. The van der Waals surface area contributed by atoms with Crippen molar-refractivity contribution < 1.29 is 0 Å². The van der Waals surface area contributed by atoms with Gasteiger partial charge in [0.25, 0.3) is 0 Å². The van der Waals surface area contributed by atoms with Gasteiger partial charge in [0.05, 0.1) is 66.6 Å². The lowest BCUT2D eigenvalue weighted by Gasteiger charge is -2.25. The third-order valence-corrected chi connectivity index (χ3v) is 18.7. The summed E-state index contributed by atoms with van der Waals surface area (Å²) in [5, 5.41) is 30.6. The Morgan fingerprint density at radius 2 is 0.587 bits per heavy atom. The SMILES string of the molecule is N#Cc1ccc(-c2c(-c3ccccc3)c(-n3c4ccccc4c4cc(-c5ccc(-n6c7ccccc7c7ccccc76)cc5)ccc43)nc(-c3ccccc3)c2-n2c3ccccc3c3cc(-c4ccc(-n5c6ccccc6c6ccccc65)cc4)ccc32)cc1C#N. The number of rotatable bonds is 9. The maximum Gasteiger partial charge on any atom is 0.147 e. The van der Waals surface area contributed by atoms with Gasteiger partial charge < -0.3 is 13.7 Å². The van der Waals surface area contributed by atoms with E-state index in [2.05, 4.69) is 309 Å². The predicted molar refractivity (Wildman–Crippen MR) is 378 cm³/mol. The van der Waals surface area contributed by atoms with Gasteiger partial charge in [-0.25, -0.2) is 4.98 Å². The Hall–Kier alpha value is -12.8. The first-order chi connectivity index (χ1) is 45.6. The summed E-state index contributed by atoms with van der Waals surface area (Å²) >= 11 is 0. The highest BCUT2D eigenvalue weighted by atomic mass is 15.1. The van der Waals surface area contributed by atoms with Gasteiger partial charge in [0.2, 0.25) is 0 Å². The molecule has 0 aliphatic rings. The van der Waals surface area contributed by atoms with Gasteiger partial charge in [-0.2, -0.15) is 10.5 Å². The molecule has 18 rings (SSSR count). The average molecular weight is 1170 g/mol. The molecule has 0 saturated heterocycles. The fourth-order valence-corrected chi connectivity index (χ4v) is 14.6. The van der Waals surface area contributed by atoms with Gasteiger partial charge in [0.1, 0.15) is 18.0 Å². The minimum Gasteiger partial charge on any atom is -0.309 e. The molecule has 0 unspecified atom stereocenters. The second kappa shape index (κ2) is 20.9. The van der Waals surface area contributed by atoms with Crippen molar-refractivity contribution in [3.8, 4) is 90.8 Å². The minimum atomic E-state index is 0.290. The molecule has 0 aliphatic carbocycles. The topological polar surface area (TPSA) is 80.2 Å². The number of pyridine rings is 1. The van der Waals surface area contributed by atoms with Gasteiger partial charge in [-0.15, -0.1) is 0 Å². The quantitative estimate of drug-likeness (QED) is 0.144. The van der Waals surface area contributed by atoms with Gasteiger partial charge in [-0.3, -0.25) is 4.57 Å². The van der Waals surface area contributed by atoms with E-state index >= 15 is 0 Å². The Kier molecular flexibility index (Phi) is 11.9. The minimum absolute atomic E-state index is 0.290. The lowest BCUT2D eigenvalue weighted by molar-refractivity contribution is 1.06. The van der Waals surface area contributed by atoms with Crippen molar-refractivity contribution in [1.82, 2.24) is 23.3 Å². The van der Waals surface area contributed by atoms with Crippen LogP contribution in [-0.4, -0.2) is 23.3 Å². The molecule has 5 aromatic heterocycles. The average Bonchev–Trinajstić information content (AvgIpc) is 1.38. The molecule has 0 amide bonds. The van der Waals surface area contributed by atoms with E-state index < -0.39 is 0 Å². The van der Waals surface area contributed by atoms with Crippen LogP contribution in [0, 0.1) is 22.7 Å². The summed E-state index contributed by atoms with van der Waals surface area (Å²) < 4.78 is 9.43. The van der Waals surface area contributed by atoms with Crippen LogP contribution in [0.15, 0.2) is 309 Å². The van der Waals surface area contributed by atoms with Gasteiger partial charge in [-0.05, 0) is 130 Å². The fourth-order valence-electron chi connectivity index (χ4n) is 14.6. The zero-order valence-electron chi connectivity index (χ0n) is 49.6. The number of nitriles is 2. The van der Waals surface area contributed by atoms with E-state index in [-0.39, 0.29) is 5.56 Å². The van der Waals surface area contributed by atoms with Crippen LogP contribution in [0.4, 0.5) is 0 Å². The zero-order valence-corrected chi connectivity index (χ0v) is 49.6. The molecule has 7 heteroatoms. The lowest BCUT2D eigenvalue weighted by Crippen LogP contribution is -2.10. The number of benzene rings is 13. The maximum absolute atomic E-state index is 10.9. The second-order valence-electron chi connectivity index (χ2n) is 23.6. The van der Waals surface area contributed by atoms with Crippen molar-refractivity contribution in [1.29, 1.82) is 10.5 Å². The first-order valence-corrected chi connectivity index (χ1v) is 31.0. The Labute approximate surface area is 529 Å². The van der Waals surface area contributed by atoms with Crippen LogP contribution in [0.25, 0.3) is 166 Å². The molecular weight excluding hydrogens is 1120 g/mol. The summed E-state index contributed by atoms with van der Waals surface area (Å²) in [5.41, 5.74) is 21.8. The number of aromatic nitrogens is 5. The van der Waals surface area contributed by atoms with Crippen LogP contribution in [0.5, 0.6) is 0 Å². The summed E-state index contributed by atoms with van der Waals surface area (Å²) in [5.74, 6) is 0.721. The number of hydrogen-bond donors (Lipinski definition) is 0. The molecule has 5 heterocycles. The summed E-state index contributed by atoms with van der Waals surface area (Å²) in [7, 11) is 0. The molecule has 0 fully saturated rings. The first kappa shape index (κ1) is 52.3. The fraction of sp³-hybridized carbons (Fsp3) is 0. The molecular formula is C85H51N7.